The molecule has 0 spiro atoms. The molecule has 0 unspecified atom stereocenters. The van der Waals surface area contributed by atoms with Gasteiger partial charge >= 0.3 is 0 Å². The van der Waals surface area contributed by atoms with E-state index in [2.05, 4.69) is 9.98 Å². The predicted molar refractivity (Wildman–Crippen MR) is 55.6 cm³/mol. The quantitative estimate of drug-likeness (QED) is 0.220. The van der Waals surface area contributed by atoms with Gasteiger partial charge in [-0.2, -0.15) is 0 Å². The van der Waals surface area contributed by atoms with E-state index < -0.39 is 0 Å². The molecule has 0 aliphatic heterocycles. The highest BCUT2D eigenvalue weighted by Gasteiger charge is 1.99. The lowest BCUT2D eigenvalue weighted by Gasteiger charge is -1.96. The van der Waals surface area contributed by atoms with Crippen LogP contribution in [0.25, 0.3) is 0 Å². The van der Waals surface area contributed by atoms with E-state index in [1.807, 2.05) is 0 Å². The first-order valence-corrected chi connectivity index (χ1v) is 4.15. The zero-order valence-corrected chi connectivity index (χ0v) is 7.94. The van der Waals surface area contributed by atoms with E-state index in [-0.39, 0.29) is 24.2 Å². The second-order valence-electron chi connectivity index (χ2n) is 2.69. The van der Waals surface area contributed by atoms with Crippen LogP contribution in [0.1, 0.15) is 12.8 Å². The Balaban J connectivity index is 3.55. The lowest BCUT2D eigenvalue weighted by molar-refractivity contribution is -0.117. The van der Waals surface area contributed by atoms with E-state index in [1.54, 1.807) is 0 Å². The number of ketones is 1. The van der Waals surface area contributed by atoms with Gasteiger partial charge in [0.1, 0.15) is 6.54 Å². The van der Waals surface area contributed by atoms with Gasteiger partial charge in [-0.15, -0.1) is 0 Å². The van der Waals surface area contributed by atoms with Gasteiger partial charge in [-0.05, 0) is 6.42 Å². The number of hydrogen-bond donors (Lipinski definition) is 4. The summed E-state index contributed by atoms with van der Waals surface area (Å²) in [6, 6.07) is 0. The lowest BCUT2D eigenvalue weighted by atomic mass is 10.2. The van der Waals surface area contributed by atoms with Crippen LogP contribution in [0.15, 0.2) is 9.98 Å². The molecule has 0 amide bonds. The van der Waals surface area contributed by atoms with Crippen molar-refractivity contribution in [3.05, 3.63) is 0 Å². The predicted octanol–water partition coefficient (Wildman–Crippen LogP) is -2.12. The second-order valence-corrected chi connectivity index (χ2v) is 2.69. The molecule has 0 heterocycles. The van der Waals surface area contributed by atoms with Gasteiger partial charge in [0.15, 0.2) is 17.7 Å². The molecule has 0 aromatic rings. The fourth-order valence-electron chi connectivity index (χ4n) is 0.743. The van der Waals surface area contributed by atoms with Crippen LogP contribution in [0.2, 0.25) is 0 Å². The van der Waals surface area contributed by atoms with E-state index in [9.17, 15) is 4.79 Å². The number of nitrogens with zero attached hydrogens (tertiary/aromatic N) is 2. The van der Waals surface area contributed by atoms with Crippen molar-refractivity contribution < 1.29 is 4.79 Å². The van der Waals surface area contributed by atoms with Gasteiger partial charge in [0.05, 0.1) is 0 Å². The maximum atomic E-state index is 11.1. The van der Waals surface area contributed by atoms with Crippen LogP contribution in [0.4, 0.5) is 0 Å². The third-order valence-corrected chi connectivity index (χ3v) is 1.35. The smallest absolute Gasteiger partial charge is 0.186 e. The van der Waals surface area contributed by atoms with Crippen molar-refractivity contribution in [1.29, 1.82) is 0 Å². The molecule has 0 saturated carbocycles. The normalized spacial score (nSPS) is 9.14. The van der Waals surface area contributed by atoms with Gasteiger partial charge in [-0.1, -0.05) is 0 Å². The summed E-state index contributed by atoms with van der Waals surface area (Å²) in [5.41, 5.74) is 20.3. The van der Waals surface area contributed by atoms with Crippen molar-refractivity contribution in [3.63, 3.8) is 0 Å². The first-order valence-electron chi connectivity index (χ1n) is 4.15. The molecule has 80 valence electrons. The number of nitrogens with two attached hydrogens (primary N) is 4. The molecule has 8 N–H and O–H groups in total. The molecule has 0 atom stereocenters. The van der Waals surface area contributed by atoms with E-state index in [4.69, 9.17) is 22.9 Å². The summed E-state index contributed by atoms with van der Waals surface area (Å²) in [4.78, 5) is 18.4. The van der Waals surface area contributed by atoms with E-state index in [1.165, 1.54) is 0 Å². The Morgan fingerprint density at radius 2 is 1.57 bits per heavy atom. The van der Waals surface area contributed by atoms with Crippen molar-refractivity contribution in [1.82, 2.24) is 0 Å². The highest BCUT2D eigenvalue weighted by Crippen LogP contribution is 1.92. The van der Waals surface area contributed by atoms with Gasteiger partial charge < -0.3 is 22.9 Å². The number of rotatable bonds is 6. The Morgan fingerprint density at radius 3 is 2.07 bits per heavy atom. The molecule has 0 aliphatic carbocycles. The van der Waals surface area contributed by atoms with Crippen molar-refractivity contribution >= 4 is 17.7 Å². The molecule has 0 rings (SSSR count). The van der Waals surface area contributed by atoms with Gasteiger partial charge in [-0.25, -0.2) is 4.99 Å². The second kappa shape index (κ2) is 6.70. The van der Waals surface area contributed by atoms with Crippen molar-refractivity contribution in [2.24, 2.45) is 32.9 Å². The lowest BCUT2D eigenvalue weighted by Crippen LogP contribution is -2.24. The Kier molecular flexibility index (Phi) is 5.84. The third-order valence-electron chi connectivity index (χ3n) is 1.35. The SMILES string of the molecule is NC(N)=NCCCC(=O)CN=C(N)N. The van der Waals surface area contributed by atoms with Crippen LogP contribution in [-0.2, 0) is 4.79 Å². The van der Waals surface area contributed by atoms with E-state index >= 15 is 0 Å². The molecule has 0 aromatic heterocycles. The molecule has 0 bridgehead atoms. The Hall–Kier alpha value is -1.79. The van der Waals surface area contributed by atoms with Gasteiger partial charge in [0, 0.05) is 13.0 Å². The van der Waals surface area contributed by atoms with Crippen molar-refractivity contribution in [2.45, 2.75) is 12.8 Å². The van der Waals surface area contributed by atoms with Crippen LogP contribution in [0.3, 0.4) is 0 Å². The monoisotopic (exact) mass is 200 g/mol. The molecule has 0 radical (unpaired) electrons. The number of aliphatic imine (C=N–C) groups is 2. The van der Waals surface area contributed by atoms with Crippen LogP contribution in [0, 0.1) is 0 Å². The molecule has 7 nitrogen and oxygen atoms in total. The summed E-state index contributed by atoms with van der Waals surface area (Å²) in [5, 5.41) is 0. The average Bonchev–Trinajstić information content (AvgIpc) is 2.08. The largest absolute Gasteiger partial charge is 0.370 e. The molecule has 0 aliphatic rings. The van der Waals surface area contributed by atoms with Crippen LogP contribution < -0.4 is 22.9 Å². The van der Waals surface area contributed by atoms with Crippen LogP contribution >= 0.6 is 0 Å². The van der Waals surface area contributed by atoms with Crippen molar-refractivity contribution in [3.8, 4) is 0 Å². The van der Waals surface area contributed by atoms with E-state index in [0.29, 0.717) is 19.4 Å². The number of carbonyl (C=O) groups is 1. The fourth-order valence-corrected chi connectivity index (χ4v) is 0.743. The summed E-state index contributed by atoms with van der Waals surface area (Å²) in [7, 11) is 0. The minimum absolute atomic E-state index is 0.0180. The number of hydrogen-bond acceptors (Lipinski definition) is 3. The summed E-state index contributed by atoms with van der Waals surface area (Å²) < 4.78 is 0. The topological polar surface area (TPSA) is 146 Å². The molecular formula is C7H16N6O. The van der Waals surface area contributed by atoms with Crippen LogP contribution in [-0.4, -0.2) is 30.8 Å². The average molecular weight is 200 g/mol. The fraction of sp³-hybridized carbons (Fsp3) is 0.571. The zero-order chi connectivity index (χ0) is 11.0. The number of guanidine groups is 2. The molecule has 14 heavy (non-hydrogen) atoms. The molecule has 0 aromatic carbocycles. The van der Waals surface area contributed by atoms with Crippen LogP contribution in [0.5, 0.6) is 0 Å². The Bertz CT molecular complexity index is 239. The number of carbonyl (C=O) groups excluding carboxylic acids is 1. The summed E-state index contributed by atoms with van der Waals surface area (Å²) >= 11 is 0. The maximum absolute atomic E-state index is 11.1. The first-order chi connectivity index (χ1) is 6.52. The highest BCUT2D eigenvalue weighted by atomic mass is 16.1. The van der Waals surface area contributed by atoms with Crippen molar-refractivity contribution in [2.75, 3.05) is 13.1 Å². The number of Topliss-reactive ketones (excluding diaryl/α,β-unsaturated/α-hetero) is 1. The Labute approximate surface area is 82.2 Å². The molecule has 0 saturated heterocycles. The molecule has 7 heteroatoms. The standard InChI is InChI=1S/C7H16N6O/c8-6(9)12-3-1-2-5(14)4-13-7(10)11/h1-4H2,(H4,8,9,12)(H4,10,11,13). The van der Waals surface area contributed by atoms with Gasteiger partial charge in [0.2, 0.25) is 0 Å². The molecule has 0 fully saturated rings. The third kappa shape index (κ3) is 8.31. The highest BCUT2D eigenvalue weighted by molar-refractivity contribution is 5.84. The maximum Gasteiger partial charge on any atom is 0.186 e. The summed E-state index contributed by atoms with van der Waals surface area (Å²) in [6.07, 6.45) is 0.963. The van der Waals surface area contributed by atoms with Gasteiger partial charge in [0.25, 0.3) is 0 Å². The Morgan fingerprint density at radius 1 is 1.00 bits per heavy atom. The van der Waals surface area contributed by atoms with Gasteiger partial charge in [-0.3, -0.25) is 9.79 Å². The first kappa shape index (κ1) is 12.2. The summed E-state index contributed by atoms with van der Waals surface area (Å²) in [5.74, 6) is -0.0894. The molecular weight excluding hydrogens is 184 g/mol. The zero-order valence-electron chi connectivity index (χ0n) is 7.94. The minimum Gasteiger partial charge on any atom is -0.370 e. The van der Waals surface area contributed by atoms with E-state index in [0.717, 1.165) is 0 Å². The minimum atomic E-state index is -0.0810. The summed E-state index contributed by atoms with van der Waals surface area (Å²) in [6.45, 7) is 0.458.